The van der Waals surface area contributed by atoms with E-state index in [2.05, 4.69) is 31.7 Å². The molecule has 1 fully saturated rings. The molecule has 0 saturated carbocycles. The van der Waals surface area contributed by atoms with Crippen LogP contribution in [0.5, 0.6) is 0 Å². The summed E-state index contributed by atoms with van der Waals surface area (Å²) in [5.74, 6) is 0.0414. The fourth-order valence-electron chi connectivity index (χ4n) is 3.48. The van der Waals surface area contributed by atoms with Crippen LogP contribution < -0.4 is 4.90 Å². The molecule has 2 aromatic rings. The second-order valence-corrected chi connectivity index (χ2v) is 9.68. The van der Waals surface area contributed by atoms with E-state index >= 15 is 0 Å². The lowest BCUT2D eigenvalue weighted by Gasteiger charge is -2.19. The van der Waals surface area contributed by atoms with Crippen LogP contribution in [0.25, 0.3) is 0 Å². The van der Waals surface area contributed by atoms with E-state index in [1.807, 2.05) is 41.3 Å². The number of nitrogens with zero attached hydrogens (tertiary/aromatic N) is 3. The summed E-state index contributed by atoms with van der Waals surface area (Å²) in [4.78, 5) is 24.2. The molecular weight excluding hydrogens is 434 g/mol. The summed E-state index contributed by atoms with van der Waals surface area (Å²) in [6.07, 6.45) is 1.97. The zero-order valence-electron chi connectivity index (χ0n) is 17.3. The van der Waals surface area contributed by atoms with Crippen LogP contribution in [-0.4, -0.2) is 29.1 Å². The molecule has 0 atom stereocenters. The smallest absolute Gasteiger partial charge is 0.269 e. The number of benzene rings is 2. The third-order valence-corrected chi connectivity index (χ3v) is 7.61. The number of rotatable bonds is 5. The maximum absolute atomic E-state index is 13.4. The number of fused-ring (bicyclic) bond motifs is 1. The van der Waals surface area contributed by atoms with Gasteiger partial charge in [-0.3, -0.25) is 9.69 Å². The Balaban J connectivity index is 1.75. The first-order chi connectivity index (χ1) is 14.5. The van der Waals surface area contributed by atoms with Gasteiger partial charge in [0, 0.05) is 23.0 Å². The number of aryl methyl sites for hydroxylation is 1. The molecule has 0 aliphatic carbocycles. The lowest BCUT2D eigenvalue weighted by molar-refractivity contribution is -0.122. The number of amidine groups is 1. The molecule has 4 rings (SSSR count). The summed E-state index contributed by atoms with van der Waals surface area (Å²) in [6, 6.07) is 14.0. The molecular formula is C23H24ClN3OS2. The van der Waals surface area contributed by atoms with Gasteiger partial charge < -0.3 is 4.90 Å². The Hall–Kier alpha value is -1.89. The highest BCUT2D eigenvalue weighted by molar-refractivity contribution is 8.19. The predicted octanol–water partition coefficient (Wildman–Crippen LogP) is 6.81. The summed E-state index contributed by atoms with van der Waals surface area (Å²) in [6.45, 7) is 7.73. The molecule has 0 spiro atoms. The van der Waals surface area contributed by atoms with Gasteiger partial charge in [0.1, 0.15) is 9.93 Å². The van der Waals surface area contributed by atoms with Crippen LogP contribution in [0.4, 0.5) is 11.4 Å². The third-order valence-electron chi connectivity index (χ3n) is 5.00. The first-order valence-electron chi connectivity index (χ1n) is 10.2. The van der Waals surface area contributed by atoms with Gasteiger partial charge in [-0.2, -0.15) is 0 Å². The van der Waals surface area contributed by atoms with Crippen molar-refractivity contribution in [2.75, 3.05) is 18.0 Å². The quantitative estimate of drug-likeness (QED) is 0.462. The van der Waals surface area contributed by atoms with Crippen LogP contribution in [0.2, 0.25) is 5.02 Å². The van der Waals surface area contributed by atoms with Crippen molar-refractivity contribution in [3.63, 3.8) is 0 Å². The van der Waals surface area contributed by atoms with Gasteiger partial charge in [0.2, 0.25) is 0 Å². The van der Waals surface area contributed by atoms with E-state index in [-0.39, 0.29) is 5.91 Å². The lowest BCUT2D eigenvalue weighted by atomic mass is 10.2. The van der Waals surface area contributed by atoms with Crippen LogP contribution >= 0.6 is 35.1 Å². The average Bonchev–Trinajstić information content (AvgIpc) is 3.23. The van der Waals surface area contributed by atoms with Crippen molar-refractivity contribution in [3.8, 4) is 0 Å². The maximum atomic E-state index is 13.4. The molecule has 1 saturated heterocycles. The molecule has 4 nitrogen and oxygen atoms in total. The van der Waals surface area contributed by atoms with Gasteiger partial charge in [-0.1, -0.05) is 48.8 Å². The molecule has 1 amide bonds. The van der Waals surface area contributed by atoms with Gasteiger partial charge in [0.25, 0.3) is 5.91 Å². The Bertz CT molecular complexity index is 1050. The molecule has 2 aliphatic heterocycles. The fraction of sp³-hybridized carbons (Fsp3) is 0.304. The maximum Gasteiger partial charge on any atom is 0.269 e. The van der Waals surface area contributed by atoms with Crippen LogP contribution in [-0.2, 0) is 4.79 Å². The van der Waals surface area contributed by atoms with Crippen molar-refractivity contribution >= 4 is 57.6 Å². The number of aliphatic imine (C=N–C) groups is 1. The molecule has 0 N–H and O–H groups in total. The van der Waals surface area contributed by atoms with Gasteiger partial charge in [-0.25, -0.2) is 4.99 Å². The summed E-state index contributed by atoms with van der Waals surface area (Å²) in [5.41, 5.74) is 3.09. The van der Waals surface area contributed by atoms with Gasteiger partial charge in [-0.15, -0.1) is 0 Å². The SMILES string of the molecule is CCCCN1C(=O)/C(=C2/Sc3ccc(Cl)cc3N2CC)SC1=Nc1cccc(C)c1. The second-order valence-electron chi connectivity index (χ2n) is 7.24. The summed E-state index contributed by atoms with van der Waals surface area (Å²) < 4.78 is 0. The van der Waals surface area contributed by atoms with Crippen molar-refractivity contribution < 1.29 is 4.79 Å². The average molecular weight is 458 g/mol. The molecule has 2 aromatic carbocycles. The molecule has 0 unspecified atom stereocenters. The monoisotopic (exact) mass is 457 g/mol. The third kappa shape index (κ3) is 4.13. The first-order valence-corrected chi connectivity index (χ1v) is 12.2. The number of anilines is 1. The van der Waals surface area contributed by atoms with Crippen LogP contribution in [0.1, 0.15) is 32.3 Å². The molecule has 0 radical (unpaired) electrons. The van der Waals surface area contributed by atoms with E-state index in [1.54, 1.807) is 11.8 Å². The highest BCUT2D eigenvalue weighted by Crippen LogP contribution is 2.51. The van der Waals surface area contributed by atoms with Crippen molar-refractivity contribution in [2.45, 2.75) is 38.5 Å². The minimum Gasteiger partial charge on any atom is -0.334 e. The van der Waals surface area contributed by atoms with E-state index in [9.17, 15) is 4.79 Å². The van der Waals surface area contributed by atoms with E-state index in [0.29, 0.717) is 11.6 Å². The molecule has 0 aromatic heterocycles. The topological polar surface area (TPSA) is 35.9 Å². The van der Waals surface area contributed by atoms with Crippen LogP contribution in [0, 0.1) is 6.92 Å². The van der Waals surface area contributed by atoms with Crippen LogP contribution in [0.15, 0.2) is 62.3 Å². The Kier molecular flexibility index (Phi) is 6.46. The predicted molar refractivity (Wildman–Crippen MR) is 130 cm³/mol. The van der Waals surface area contributed by atoms with Gasteiger partial charge in [-0.05, 0) is 67.9 Å². The Labute approximate surface area is 191 Å². The van der Waals surface area contributed by atoms with Crippen molar-refractivity contribution in [1.82, 2.24) is 4.90 Å². The number of hydrogen-bond donors (Lipinski definition) is 0. The minimum absolute atomic E-state index is 0.0414. The molecule has 2 aliphatic rings. The zero-order valence-corrected chi connectivity index (χ0v) is 19.7. The molecule has 156 valence electrons. The Morgan fingerprint density at radius 1 is 1.07 bits per heavy atom. The van der Waals surface area contributed by atoms with Crippen LogP contribution in [0.3, 0.4) is 0 Å². The molecule has 30 heavy (non-hydrogen) atoms. The number of halogens is 1. The standard InChI is InChI=1S/C23H24ClN3OS2/c1-4-6-12-27-21(28)20(30-23(27)25-17-9-7-8-15(3)13-17)22-26(5-2)18-14-16(24)10-11-19(18)29-22/h7-11,13-14H,4-6,12H2,1-3H3/b22-20-,25-23?. The Morgan fingerprint density at radius 2 is 1.90 bits per heavy atom. The number of unbranched alkanes of at least 4 members (excludes halogenated alkanes) is 1. The Morgan fingerprint density at radius 3 is 2.63 bits per heavy atom. The molecule has 0 bridgehead atoms. The lowest BCUT2D eigenvalue weighted by Crippen LogP contribution is -2.30. The second kappa shape index (κ2) is 9.08. The number of thioether (sulfide) groups is 2. The summed E-state index contributed by atoms with van der Waals surface area (Å²) in [5, 5.41) is 2.43. The van der Waals surface area contributed by atoms with E-state index in [4.69, 9.17) is 16.6 Å². The fourth-order valence-corrected chi connectivity index (χ4v) is 6.04. The van der Waals surface area contributed by atoms with Gasteiger partial charge >= 0.3 is 0 Å². The zero-order chi connectivity index (χ0) is 21.3. The van der Waals surface area contributed by atoms with Gasteiger partial charge in [0.05, 0.1) is 11.4 Å². The first kappa shape index (κ1) is 21.3. The number of carbonyl (C=O) groups excluding carboxylic acids is 1. The van der Waals surface area contributed by atoms with Crippen molar-refractivity contribution in [2.24, 2.45) is 4.99 Å². The largest absolute Gasteiger partial charge is 0.334 e. The minimum atomic E-state index is 0.0414. The highest BCUT2D eigenvalue weighted by Gasteiger charge is 2.39. The van der Waals surface area contributed by atoms with E-state index in [0.717, 1.165) is 56.3 Å². The normalized spacial score (nSPS) is 19.9. The van der Waals surface area contributed by atoms with Crippen molar-refractivity contribution in [1.29, 1.82) is 0 Å². The van der Waals surface area contributed by atoms with E-state index in [1.165, 1.54) is 11.8 Å². The number of amides is 1. The summed E-state index contributed by atoms with van der Waals surface area (Å²) in [7, 11) is 0. The molecule has 7 heteroatoms. The number of carbonyl (C=O) groups is 1. The highest BCUT2D eigenvalue weighted by atomic mass is 35.5. The molecule has 2 heterocycles. The van der Waals surface area contributed by atoms with Gasteiger partial charge in [0.15, 0.2) is 5.17 Å². The van der Waals surface area contributed by atoms with Crippen molar-refractivity contribution in [3.05, 3.63) is 63.0 Å². The van der Waals surface area contributed by atoms with E-state index < -0.39 is 0 Å². The summed E-state index contributed by atoms with van der Waals surface area (Å²) >= 11 is 9.36. The number of hydrogen-bond acceptors (Lipinski definition) is 5.